The van der Waals surface area contributed by atoms with Crippen LogP contribution >= 0.6 is 12.2 Å². The number of hydrogen-bond donors (Lipinski definition) is 0. The van der Waals surface area contributed by atoms with E-state index in [0.717, 1.165) is 12.8 Å². The van der Waals surface area contributed by atoms with Gasteiger partial charge in [-0.25, -0.2) is 0 Å². The Hall–Kier alpha value is -0.430. The molecule has 0 aliphatic heterocycles. The molecule has 0 aromatic heterocycles. The molecule has 0 saturated heterocycles. The first-order valence-corrected chi connectivity index (χ1v) is 6.62. The van der Waals surface area contributed by atoms with Crippen molar-refractivity contribution in [1.82, 2.24) is 0 Å². The van der Waals surface area contributed by atoms with Crippen molar-refractivity contribution in [3.8, 4) is 0 Å². The van der Waals surface area contributed by atoms with Crippen molar-refractivity contribution in [3.05, 3.63) is 24.3 Å². The minimum absolute atomic E-state index is 1.02. The Labute approximate surface area is 99.5 Å². The Morgan fingerprint density at radius 2 is 1.27 bits per heavy atom. The molecule has 0 amide bonds. The maximum Gasteiger partial charge on any atom is -0.00335 e. The molecule has 0 bridgehead atoms. The van der Waals surface area contributed by atoms with Gasteiger partial charge in [0.2, 0.25) is 0 Å². The van der Waals surface area contributed by atoms with E-state index in [-0.39, 0.29) is 0 Å². The minimum Gasteiger partial charge on any atom is -0.0894 e. The quantitative estimate of drug-likeness (QED) is 0.411. The zero-order valence-electron chi connectivity index (χ0n) is 9.58. The van der Waals surface area contributed by atoms with Crippen LogP contribution in [0.2, 0.25) is 0 Å². The van der Waals surface area contributed by atoms with Gasteiger partial charge >= 0.3 is 0 Å². The summed E-state index contributed by atoms with van der Waals surface area (Å²) in [6, 6.07) is 0. The van der Waals surface area contributed by atoms with Gasteiger partial charge < -0.3 is 0 Å². The third kappa shape index (κ3) is 7.49. The number of thiocarbonyl (C=S) groups is 1. The van der Waals surface area contributed by atoms with E-state index in [4.69, 9.17) is 12.2 Å². The average Bonchev–Trinajstić information content (AvgIpc) is 2.24. The van der Waals surface area contributed by atoms with E-state index in [1.807, 2.05) is 0 Å². The van der Waals surface area contributed by atoms with Crippen molar-refractivity contribution >= 4 is 17.1 Å². The fourth-order valence-electron chi connectivity index (χ4n) is 1.78. The smallest absolute Gasteiger partial charge is 0.00335 e. The van der Waals surface area contributed by atoms with Crippen LogP contribution in [0.5, 0.6) is 0 Å². The van der Waals surface area contributed by atoms with Crippen molar-refractivity contribution in [2.75, 3.05) is 0 Å². The van der Waals surface area contributed by atoms with Gasteiger partial charge in [-0.2, -0.15) is 0 Å². The molecule has 0 aromatic rings. The summed E-state index contributed by atoms with van der Waals surface area (Å²) in [5.41, 5.74) is 0. The van der Waals surface area contributed by atoms with Crippen molar-refractivity contribution in [1.29, 1.82) is 0 Å². The zero-order valence-corrected chi connectivity index (χ0v) is 10.4. The highest BCUT2D eigenvalue weighted by Gasteiger charge is 1.94. The topological polar surface area (TPSA) is 0 Å². The van der Waals surface area contributed by atoms with Crippen LogP contribution in [0, 0.1) is 0 Å². The van der Waals surface area contributed by atoms with E-state index in [1.165, 1.54) is 49.8 Å². The van der Waals surface area contributed by atoms with Crippen molar-refractivity contribution in [2.24, 2.45) is 0 Å². The van der Waals surface area contributed by atoms with Gasteiger partial charge in [-0.15, -0.1) is 0 Å². The molecule has 0 saturated carbocycles. The van der Waals surface area contributed by atoms with Crippen LogP contribution in [-0.4, -0.2) is 4.86 Å². The summed E-state index contributed by atoms with van der Waals surface area (Å²) in [4.78, 5) is 1.23. The molecule has 0 radical (unpaired) electrons. The van der Waals surface area contributed by atoms with Crippen molar-refractivity contribution in [2.45, 2.75) is 57.8 Å². The van der Waals surface area contributed by atoms with E-state index < -0.39 is 0 Å². The van der Waals surface area contributed by atoms with E-state index in [9.17, 15) is 0 Å². The first-order chi connectivity index (χ1) is 7.39. The monoisotopic (exact) mass is 222 g/mol. The third-order valence-electron chi connectivity index (χ3n) is 2.75. The lowest BCUT2D eigenvalue weighted by Crippen LogP contribution is -1.92. The first kappa shape index (κ1) is 12.6. The summed E-state index contributed by atoms with van der Waals surface area (Å²) in [5.74, 6) is 0. The van der Waals surface area contributed by atoms with Gasteiger partial charge in [0.15, 0.2) is 0 Å². The predicted molar refractivity (Wildman–Crippen MR) is 72.4 cm³/mol. The summed E-state index contributed by atoms with van der Waals surface area (Å²) in [6.45, 7) is 0. The van der Waals surface area contributed by atoms with Crippen LogP contribution in [0.15, 0.2) is 24.3 Å². The third-order valence-corrected chi connectivity index (χ3v) is 3.12. The molecule has 84 valence electrons. The molecule has 15 heavy (non-hydrogen) atoms. The zero-order chi connectivity index (χ0) is 10.8. The number of rotatable bonds is 0. The van der Waals surface area contributed by atoms with Crippen molar-refractivity contribution < 1.29 is 0 Å². The second kappa shape index (κ2) is 8.84. The minimum atomic E-state index is 1.02. The van der Waals surface area contributed by atoms with Crippen LogP contribution in [0.3, 0.4) is 0 Å². The van der Waals surface area contributed by atoms with E-state index >= 15 is 0 Å². The summed E-state index contributed by atoms with van der Waals surface area (Å²) < 4.78 is 0. The average molecular weight is 222 g/mol. The lowest BCUT2D eigenvalue weighted by Gasteiger charge is -2.01. The van der Waals surface area contributed by atoms with E-state index in [1.54, 1.807) is 0 Å². The molecule has 0 aromatic carbocycles. The van der Waals surface area contributed by atoms with Gasteiger partial charge in [0, 0.05) is 0 Å². The second-order valence-corrected chi connectivity index (χ2v) is 4.79. The fourth-order valence-corrected chi connectivity index (χ4v) is 2.02. The second-order valence-electron chi connectivity index (χ2n) is 4.22. The van der Waals surface area contributed by atoms with Gasteiger partial charge in [-0.3, -0.25) is 0 Å². The summed E-state index contributed by atoms with van der Waals surface area (Å²) in [5, 5.41) is 0. The van der Waals surface area contributed by atoms with Gasteiger partial charge in [0.05, 0.1) is 0 Å². The highest BCUT2D eigenvalue weighted by molar-refractivity contribution is 7.80. The van der Waals surface area contributed by atoms with Crippen LogP contribution in [0.4, 0.5) is 0 Å². The standard InChI is InChI=1S/C14H22S/c15-14-12-10-8-6-4-2-1-3-5-7-9-11-13-14/h2,4,9,11H,1,3,5-8,10,12-13H2/b4-2+,11-9-. The maximum absolute atomic E-state index is 5.33. The molecule has 0 unspecified atom stereocenters. The molecule has 0 spiro atoms. The van der Waals surface area contributed by atoms with Crippen LogP contribution in [0.1, 0.15) is 57.8 Å². The Bertz CT molecular complexity index is 225. The molecular weight excluding hydrogens is 200 g/mol. The summed E-state index contributed by atoms with van der Waals surface area (Å²) in [7, 11) is 0. The van der Waals surface area contributed by atoms with Crippen molar-refractivity contribution in [3.63, 3.8) is 0 Å². The molecule has 1 rings (SSSR count). The molecule has 0 atom stereocenters. The summed E-state index contributed by atoms with van der Waals surface area (Å²) in [6.07, 6.45) is 20.3. The Balaban J connectivity index is 2.29. The maximum atomic E-state index is 5.33. The highest BCUT2D eigenvalue weighted by Crippen LogP contribution is 2.08. The van der Waals surface area contributed by atoms with Crippen LogP contribution in [0.25, 0.3) is 0 Å². The molecule has 0 nitrogen and oxygen atoms in total. The van der Waals surface area contributed by atoms with Gasteiger partial charge in [-0.05, 0) is 62.7 Å². The molecule has 0 N–H and O–H groups in total. The Morgan fingerprint density at radius 3 is 1.93 bits per heavy atom. The Kier molecular flexibility index (Phi) is 7.45. The van der Waals surface area contributed by atoms with E-state index in [0.29, 0.717) is 0 Å². The van der Waals surface area contributed by atoms with Gasteiger partial charge in [-0.1, -0.05) is 36.5 Å². The number of hydrogen-bond acceptors (Lipinski definition) is 1. The lowest BCUT2D eigenvalue weighted by molar-refractivity contribution is 0.748. The van der Waals surface area contributed by atoms with Crippen LogP contribution in [-0.2, 0) is 0 Å². The molecule has 1 aliphatic rings. The van der Waals surface area contributed by atoms with E-state index in [2.05, 4.69) is 24.3 Å². The predicted octanol–water partition coefficient (Wildman–Crippen LogP) is 4.99. The highest BCUT2D eigenvalue weighted by atomic mass is 32.1. The van der Waals surface area contributed by atoms with Gasteiger partial charge in [0.25, 0.3) is 0 Å². The lowest BCUT2D eigenvalue weighted by atomic mass is 10.1. The molecular formula is C14H22S. The molecule has 0 heterocycles. The first-order valence-electron chi connectivity index (χ1n) is 6.21. The fraction of sp³-hybridized carbons (Fsp3) is 0.643. The summed E-state index contributed by atoms with van der Waals surface area (Å²) >= 11 is 5.33. The number of allylic oxidation sites excluding steroid dienone is 4. The van der Waals surface area contributed by atoms with Crippen LogP contribution < -0.4 is 0 Å². The normalized spacial score (nSPS) is 25.5. The van der Waals surface area contributed by atoms with Gasteiger partial charge in [0.1, 0.15) is 0 Å². The Morgan fingerprint density at radius 1 is 0.733 bits per heavy atom. The largest absolute Gasteiger partial charge is 0.0894 e. The SMILES string of the molecule is S=C1C/C=C\CCCC/C=C/CCCC1. The molecule has 0 fully saturated rings. The molecule has 1 heteroatoms. The molecule has 1 aliphatic carbocycles.